The van der Waals surface area contributed by atoms with E-state index in [1.807, 2.05) is 0 Å². The van der Waals surface area contributed by atoms with Gasteiger partial charge in [0.15, 0.2) is 0 Å². The van der Waals surface area contributed by atoms with Gasteiger partial charge in [-0.25, -0.2) is 0 Å². The molecule has 68 valence electrons. The van der Waals surface area contributed by atoms with Crippen LogP contribution >= 0.6 is 23.5 Å². The SMILES string of the molecule is CCC1CSC2=C(CCCC2)S1. The predicted octanol–water partition coefficient (Wildman–Crippen LogP) is 4.03. The molecule has 0 fully saturated rings. The maximum absolute atomic E-state index is 2.31. The van der Waals surface area contributed by atoms with Gasteiger partial charge in [0.25, 0.3) is 0 Å². The molecule has 1 aliphatic carbocycles. The van der Waals surface area contributed by atoms with Crippen molar-refractivity contribution >= 4 is 23.5 Å². The first-order chi connectivity index (χ1) is 5.90. The number of hydrogen-bond acceptors (Lipinski definition) is 2. The van der Waals surface area contributed by atoms with Gasteiger partial charge in [0.1, 0.15) is 0 Å². The van der Waals surface area contributed by atoms with E-state index >= 15 is 0 Å². The van der Waals surface area contributed by atoms with E-state index in [-0.39, 0.29) is 0 Å². The van der Waals surface area contributed by atoms with Gasteiger partial charge in [-0.05, 0) is 41.9 Å². The molecular formula is C10H16S2. The zero-order valence-corrected chi connectivity index (χ0v) is 9.27. The molecule has 0 saturated heterocycles. The van der Waals surface area contributed by atoms with Crippen LogP contribution in [0.1, 0.15) is 39.0 Å². The Kier molecular flexibility index (Phi) is 3.08. The Balaban J connectivity index is 2.05. The van der Waals surface area contributed by atoms with Crippen LogP contribution in [0.5, 0.6) is 0 Å². The standard InChI is InChI=1S/C10H16S2/c1-2-8-7-11-9-5-3-4-6-10(9)12-8/h8H,2-7H2,1H3. The molecule has 0 radical (unpaired) electrons. The molecule has 2 rings (SSSR count). The van der Waals surface area contributed by atoms with Gasteiger partial charge in [-0.1, -0.05) is 6.92 Å². The van der Waals surface area contributed by atoms with Crippen molar-refractivity contribution in [1.82, 2.24) is 0 Å². The molecule has 2 aliphatic rings. The molecule has 1 unspecified atom stereocenters. The lowest BCUT2D eigenvalue weighted by Gasteiger charge is -2.28. The molecular weight excluding hydrogens is 184 g/mol. The highest BCUT2D eigenvalue weighted by molar-refractivity contribution is 8.10. The molecule has 0 spiro atoms. The molecule has 2 heteroatoms. The average Bonchev–Trinajstić information content (AvgIpc) is 2.17. The van der Waals surface area contributed by atoms with Gasteiger partial charge in [-0.3, -0.25) is 0 Å². The Morgan fingerprint density at radius 3 is 2.75 bits per heavy atom. The summed E-state index contributed by atoms with van der Waals surface area (Å²) in [6, 6.07) is 0. The van der Waals surface area contributed by atoms with Crippen LogP contribution in [0.4, 0.5) is 0 Å². The zero-order chi connectivity index (χ0) is 8.39. The molecule has 0 N–H and O–H groups in total. The van der Waals surface area contributed by atoms with E-state index in [9.17, 15) is 0 Å². The molecule has 0 aromatic heterocycles. The zero-order valence-electron chi connectivity index (χ0n) is 7.64. The fourth-order valence-corrected chi connectivity index (χ4v) is 4.79. The van der Waals surface area contributed by atoms with Crippen molar-refractivity contribution < 1.29 is 0 Å². The topological polar surface area (TPSA) is 0 Å². The van der Waals surface area contributed by atoms with Crippen molar-refractivity contribution in [2.24, 2.45) is 0 Å². The molecule has 0 aromatic rings. The van der Waals surface area contributed by atoms with Crippen LogP contribution in [0.25, 0.3) is 0 Å². The third-order valence-electron chi connectivity index (χ3n) is 2.58. The van der Waals surface area contributed by atoms with Crippen molar-refractivity contribution in [3.8, 4) is 0 Å². The maximum Gasteiger partial charge on any atom is 0.0183 e. The summed E-state index contributed by atoms with van der Waals surface area (Å²) < 4.78 is 0. The summed E-state index contributed by atoms with van der Waals surface area (Å²) >= 11 is 4.31. The summed E-state index contributed by atoms with van der Waals surface area (Å²) in [4.78, 5) is 3.47. The Hall–Kier alpha value is 0.440. The second-order valence-corrected chi connectivity index (χ2v) is 6.02. The highest BCUT2D eigenvalue weighted by Crippen LogP contribution is 2.46. The number of allylic oxidation sites excluding steroid dienone is 2. The van der Waals surface area contributed by atoms with E-state index in [0.29, 0.717) is 0 Å². The van der Waals surface area contributed by atoms with Gasteiger partial charge in [-0.15, -0.1) is 23.5 Å². The van der Waals surface area contributed by atoms with E-state index in [4.69, 9.17) is 0 Å². The summed E-state index contributed by atoms with van der Waals surface area (Å²) in [7, 11) is 0. The molecule has 1 heterocycles. The Morgan fingerprint density at radius 2 is 2.00 bits per heavy atom. The van der Waals surface area contributed by atoms with Crippen molar-refractivity contribution in [3.05, 3.63) is 9.81 Å². The predicted molar refractivity (Wildman–Crippen MR) is 59.6 cm³/mol. The van der Waals surface area contributed by atoms with Crippen LogP contribution in [-0.4, -0.2) is 11.0 Å². The quantitative estimate of drug-likeness (QED) is 0.627. The minimum Gasteiger partial charge on any atom is -0.129 e. The largest absolute Gasteiger partial charge is 0.129 e. The molecule has 0 saturated carbocycles. The monoisotopic (exact) mass is 200 g/mol. The smallest absolute Gasteiger partial charge is 0.0183 e. The second-order valence-electron chi connectivity index (χ2n) is 3.51. The molecule has 0 amide bonds. The van der Waals surface area contributed by atoms with Crippen molar-refractivity contribution in [3.63, 3.8) is 0 Å². The molecule has 1 atom stereocenters. The Morgan fingerprint density at radius 1 is 1.25 bits per heavy atom. The first-order valence-corrected chi connectivity index (χ1v) is 6.78. The van der Waals surface area contributed by atoms with Crippen molar-refractivity contribution in [2.45, 2.75) is 44.3 Å². The van der Waals surface area contributed by atoms with Crippen LogP contribution in [0, 0.1) is 0 Å². The fraction of sp³-hybridized carbons (Fsp3) is 0.800. The average molecular weight is 200 g/mol. The van der Waals surface area contributed by atoms with Gasteiger partial charge in [0.05, 0.1) is 0 Å². The van der Waals surface area contributed by atoms with Crippen molar-refractivity contribution in [1.29, 1.82) is 0 Å². The highest BCUT2D eigenvalue weighted by Gasteiger charge is 2.22. The minimum atomic E-state index is 0.909. The summed E-state index contributed by atoms with van der Waals surface area (Å²) in [5.41, 5.74) is 0. The Bertz CT molecular complexity index is 196. The first kappa shape index (κ1) is 9.01. The summed E-state index contributed by atoms with van der Waals surface area (Å²) in [6.45, 7) is 2.31. The van der Waals surface area contributed by atoms with Crippen LogP contribution in [-0.2, 0) is 0 Å². The van der Waals surface area contributed by atoms with Gasteiger partial charge in [0, 0.05) is 11.0 Å². The maximum atomic E-state index is 2.31. The summed E-state index contributed by atoms with van der Waals surface area (Å²) in [5.74, 6) is 1.36. The van der Waals surface area contributed by atoms with Crippen LogP contribution in [0.3, 0.4) is 0 Å². The molecule has 1 aliphatic heterocycles. The van der Waals surface area contributed by atoms with Crippen LogP contribution in [0.15, 0.2) is 9.81 Å². The highest BCUT2D eigenvalue weighted by atomic mass is 32.2. The Labute approximate surface area is 83.6 Å². The number of hydrogen-bond donors (Lipinski definition) is 0. The molecule has 0 bridgehead atoms. The number of rotatable bonds is 1. The second kappa shape index (κ2) is 4.10. The van der Waals surface area contributed by atoms with E-state index < -0.39 is 0 Å². The summed E-state index contributed by atoms with van der Waals surface area (Å²) in [5, 5.41) is 0.909. The van der Waals surface area contributed by atoms with Crippen molar-refractivity contribution in [2.75, 3.05) is 5.75 Å². The van der Waals surface area contributed by atoms with Gasteiger partial charge in [-0.2, -0.15) is 0 Å². The third-order valence-corrected chi connectivity index (χ3v) is 5.85. The summed E-state index contributed by atoms with van der Waals surface area (Å²) in [6.07, 6.45) is 6.97. The van der Waals surface area contributed by atoms with E-state index in [1.165, 1.54) is 37.9 Å². The van der Waals surface area contributed by atoms with Gasteiger partial charge < -0.3 is 0 Å². The lowest BCUT2D eigenvalue weighted by atomic mass is 10.1. The van der Waals surface area contributed by atoms with Gasteiger partial charge in [0.2, 0.25) is 0 Å². The number of thioether (sulfide) groups is 2. The third kappa shape index (κ3) is 1.85. The fourth-order valence-electron chi connectivity index (χ4n) is 1.76. The lowest BCUT2D eigenvalue weighted by molar-refractivity contribution is 0.713. The van der Waals surface area contributed by atoms with Gasteiger partial charge >= 0.3 is 0 Å². The lowest BCUT2D eigenvalue weighted by Crippen LogP contribution is -2.12. The van der Waals surface area contributed by atoms with E-state index in [1.54, 1.807) is 9.81 Å². The van der Waals surface area contributed by atoms with Crippen LogP contribution < -0.4 is 0 Å². The van der Waals surface area contributed by atoms with E-state index in [2.05, 4.69) is 30.4 Å². The molecule has 12 heavy (non-hydrogen) atoms. The normalized spacial score (nSPS) is 30.2. The van der Waals surface area contributed by atoms with Crippen LogP contribution in [0.2, 0.25) is 0 Å². The minimum absolute atomic E-state index is 0.909. The van der Waals surface area contributed by atoms with E-state index in [0.717, 1.165) is 5.25 Å². The molecule has 0 nitrogen and oxygen atoms in total. The molecule has 0 aromatic carbocycles. The first-order valence-electron chi connectivity index (χ1n) is 4.91.